The molecule has 0 aliphatic heterocycles. The van der Waals surface area contributed by atoms with Crippen LogP contribution in [-0.2, 0) is 11.3 Å². The van der Waals surface area contributed by atoms with Crippen molar-refractivity contribution in [3.8, 4) is 0 Å². The molecule has 0 aromatic heterocycles. The van der Waals surface area contributed by atoms with E-state index < -0.39 is 0 Å². The van der Waals surface area contributed by atoms with Crippen molar-refractivity contribution in [1.82, 2.24) is 10.2 Å². The van der Waals surface area contributed by atoms with Crippen LogP contribution in [0.3, 0.4) is 0 Å². The van der Waals surface area contributed by atoms with Gasteiger partial charge in [0.15, 0.2) is 0 Å². The molecular formula is C15H22ClFN2O. The second-order valence-corrected chi connectivity index (χ2v) is 5.05. The number of amides is 1. The molecule has 1 N–H and O–H groups in total. The van der Waals surface area contributed by atoms with Gasteiger partial charge in [-0.05, 0) is 38.9 Å². The molecule has 0 saturated heterocycles. The molecule has 0 radical (unpaired) electrons. The Kier molecular flexibility index (Phi) is 6.96. The Morgan fingerprint density at radius 1 is 1.40 bits per heavy atom. The average molecular weight is 301 g/mol. The topological polar surface area (TPSA) is 32.3 Å². The number of hydrogen-bond donors (Lipinski definition) is 1. The molecule has 112 valence electrons. The van der Waals surface area contributed by atoms with Gasteiger partial charge in [-0.3, -0.25) is 4.79 Å². The first-order valence-corrected chi connectivity index (χ1v) is 6.90. The smallest absolute Gasteiger partial charge is 0.223 e. The van der Waals surface area contributed by atoms with E-state index >= 15 is 0 Å². The van der Waals surface area contributed by atoms with E-state index in [9.17, 15) is 9.18 Å². The van der Waals surface area contributed by atoms with Gasteiger partial charge in [0.1, 0.15) is 5.82 Å². The van der Waals surface area contributed by atoms with E-state index in [-0.39, 0.29) is 24.1 Å². The monoisotopic (exact) mass is 300 g/mol. The minimum Gasteiger partial charge on any atom is -0.335 e. The van der Waals surface area contributed by atoms with Crippen LogP contribution in [0, 0.1) is 5.82 Å². The molecule has 1 saturated carbocycles. The van der Waals surface area contributed by atoms with Crippen LogP contribution in [0.1, 0.15) is 31.2 Å². The highest BCUT2D eigenvalue weighted by atomic mass is 35.5. The Labute approximate surface area is 125 Å². The number of carbonyl (C=O) groups is 1. The summed E-state index contributed by atoms with van der Waals surface area (Å²) in [5, 5.41) is 3.03. The van der Waals surface area contributed by atoms with Gasteiger partial charge in [-0.1, -0.05) is 18.2 Å². The summed E-state index contributed by atoms with van der Waals surface area (Å²) in [5.74, 6) is -0.0859. The van der Waals surface area contributed by atoms with Crippen LogP contribution in [0.15, 0.2) is 24.3 Å². The van der Waals surface area contributed by atoms with Crippen LogP contribution >= 0.6 is 12.4 Å². The number of rotatable bonds is 7. The summed E-state index contributed by atoms with van der Waals surface area (Å²) in [6.45, 7) is 1.24. The first-order valence-electron chi connectivity index (χ1n) is 6.90. The zero-order chi connectivity index (χ0) is 13.7. The fourth-order valence-corrected chi connectivity index (χ4v) is 2.18. The average Bonchev–Trinajstić information content (AvgIpc) is 3.22. The minimum atomic E-state index is -0.226. The van der Waals surface area contributed by atoms with Gasteiger partial charge in [-0.25, -0.2) is 4.39 Å². The van der Waals surface area contributed by atoms with Gasteiger partial charge in [0.2, 0.25) is 5.91 Å². The fraction of sp³-hybridized carbons (Fsp3) is 0.533. The van der Waals surface area contributed by atoms with Crippen molar-refractivity contribution in [3.63, 3.8) is 0 Å². The van der Waals surface area contributed by atoms with Crippen LogP contribution in [-0.4, -0.2) is 30.4 Å². The third-order valence-electron chi connectivity index (χ3n) is 3.42. The van der Waals surface area contributed by atoms with Crippen molar-refractivity contribution in [3.05, 3.63) is 35.6 Å². The van der Waals surface area contributed by atoms with Crippen molar-refractivity contribution in [2.24, 2.45) is 0 Å². The molecule has 5 heteroatoms. The normalized spacial score (nSPS) is 13.7. The molecule has 0 bridgehead atoms. The fourth-order valence-electron chi connectivity index (χ4n) is 2.18. The van der Waals surface area contributed by atoms with Crippen molar-refractivity contribution >= 4 is 18.3 Å². The predicted octanol–water partition coefficient (Wildman–Crippen LogP) is 2.74. The predicted molar refractivity (Wildman–Crippen MR) is 80.4 cm³/mol. The Balaban J connectivity index is 0.00000200. The van der Waals surface area contributed by atoms with Crippen LogP contribution in [0.5, 0.6) is 0 Å². The molecule has 1 aliphatic carbocycles. The maximum absolute atomic E-state index is 13.7. The molecule has 1 aliphatic rings. The summed E-state index contributed by atoms with van der Waals surface area (Å²) in [6, 6.07) is 7.02. The van der Waals surface area contributed by atoms with E-state index in [1.54, 1.807) is 12.1 Å². The molecule has 1 amide bonds. The molecular weight excluding hydrogens is 279 g/mol. The standard InChI is InChI=1S/C15H21FN2O.ClH/c1-17-10-4-7-15(19)18(13-8-9-13)11-12-5-2-3-6-14(12)16;/h2-3,5-6,13,17H,4,7-11H2,1H3;1H. The van der Waals surface area contributed by atoms with Gasteiger partial charge in [0, 0.05) is 24.6 Å². The molecule has 0 spiro atoms. The molecule has 0 unspecified atom stereocenters. The van der Waals surface area contributed by atoms with E-state index in [1.165, 1.54) is 6.07 Å². The van der Waals surface area contributed by atoms with Crippen molar-refractivity contribution in [2.45, 2.75) is 38.3 Å². The summed E-state index contributed by atoms with van der Waals surface area (Å²) in [7, 11) is 1.88. The second kappa shape index (κ2) is 8.22. The van der Waals surface area contributed by atoms with Crippen LogP contribution in [0.4, 0.5) is 4.39 Å². The lowest BCUT2D eigenvalue weighted by Crippen LogP contribution is -2.33. The van der Waals surface area contributed by atoms with E-state index in [0.29, 0.717) is 24.6 Å². The van der Waals surface area contributed by atoms with Crippen LogP contribution in [0.25, 0.3) is 0 Å². The van der Waals surface area contributed by atoms with Crippen LogP contribution < -0.4 is 5.32 Å². The zero-order valence-electron chi connectivity index (χ0n) is 11.8. The van der Waals surface area contributed by atoms with E-state index in [2.05, 4.69) is 5.32 Å². The molecule has 2 rings (SSSR count). The van der Waals surface area contributed by atoms with E-state index in [1.807, 2.05) is 18.0 Å². The number of carbonyl (C=O) groups excluding carboxylic acids is 1. The number of nitrogens with one attached hydrogen (secondary N) is 1. The van der Waals surface area contributed by atoms with Crippen molar-refractivity contribution in [2.75, 3.05) is 13.6 Å². The Hall–Kier alpha value is -1.13. The Bertz CT molecular complexity index is 438. The van der Waals surface area contributed by atoms with Crippen molar-refractivity contribution in [1.29, 1.82) is 0 Å². The lowest BCUT2D eigenvalue weighted by molar-refractivity contribution is -0.132. The Morgan fingerprint density at radius 3 is 2.70 bits per heavy atom. The third kappa shape index (κ3) is 4.76. The largest absolute Gasteiger partial charge is 0.335 e. The third-order valence-corrected chi connectivity index (χ3v) is 3.42. The summed E-state index contributed by atoms with van der Waals surface area (Å²) in [4.78, 5) is 14.0. The maximum atomic E-state index is 13.7. The SMILES string of the molecule is CNCCCC(=O)N(Cc1ccccc1F)C1CC1.Cl. The number of hydrogen-bond acceptors (Lipinski definition) is 2. The van der Waals surface area contributed by atoms with Gasteiger partial charge in [0.05, 0.1) is 0 Å². The first kappa shape index (κ1) is 16.9. The number of halogens is 2. The van der Waals surface area contributed by atoms with Gasteiger partial charge < -0.3 is 10.2 Å². The van der Waals surface area contributed by atoms with Crippen molar-refractivity contribution < 1.29 is 9.18 Å². The Morgan fingerprint density at radius 2 is 2.10 bits per heavy atom. The molecule has 0 atom stereocenters. The van der Waals surface area contributed by atoms with Gasteiger partial charge >= 0.3 is 0 Å². The van der Waals surface area contributed by atoms with Gasteiger partial charge in [-0.15, -0.1) is 12.4 Å². The highest BCUT2D eigenvalue weighted by molar-refractivity contribution is 5.85. The lowest BCUT2D eigenvalue weighted by atomic mass is 10.2. The number of benzene rings is 1. The second-order valence-electron chi connectivity index (χ2n) is 5.05. The van der Waals surface area contributed by atoms with Gasteiger partial charge in [0.25, 0.3) is 0 Å². The molecule has 20 heavy (non-hydrogen) atoms. The van der Waals surface area contributed by atoms with E-state index in [4.69, 9.17) is 0 Å². The van der Waals surface area contributed by atoms with Gasteiger partial charge in [-0.2, -0.15) is 0 Å². The molecule has 0 heterocycles. The number of nitrogens with zero attached hydrogens (tertiary/aromatic N) is 1. The summed E-state index contributed by atoms with van der Waals surface area (Å²) >= 11 is 0. The summed E-state index contributed by atoms with van der Waals surface area (Å²) in [6.07, 6.45) is 3.46. The molecule has 3 nitrogen and oxygen atoms in total. The minimum absolute atomic E-state index is 0. The summed E-state index contributed by atoms with van der Waals surface area (Å²) < 4.78 is 13.7. The zero-order valence-corrected chi connectivity index (χ0v) is 12.6. The quantitative estimate of drug-likeness (QED) is 0.785. The molecule has 1 fully saturated rings. The van der Waals surface area contributed by atoms with E-state index in [0.717, 1.165) is 25.8 Å². The lowest BCUT2D eigenvalue weighted by Gasteiger charge is -2.23. The molecule has 1 aromatic rings. The maximum Gasteiger partial charge on any atom is 0.223 e. The molecule has 1 aromatic carbocycles. The highest BCUT2D eigenvalue weighted by Crippen LogP contribution is 2.29. The first-order chi connectivity index (χ1) is 9.22. The van der Waals surface area contributed by atoms with Crippen LogP contribution in [0.2, 0.25) is 0 Å². The highest BCUT2D eigenvalue weighted by Gasteiger charge is 2.32. The summed E-state index contributed by atoms with van der Waals surface area (Å²) in [5.41, 5.74) is 0.608.